The number of hydrogen-bond donors (Lipinski definition) is 2. The molecule has 0 bridgehead atoms. The van der Waals surface area contributed by atoms with Gasteiger partial charge in [-0.3, -0.25) is 4.21 Å². The number of phenolic OH excluding ortho intramolecular Hbond substituents is 2. The van der Waals surface area contributed by atoms with Crippen molar-refractivity contribution in [3.8, 4) is 11.5 Å². The maximum absolute atomic E-state index is 10.2. The quantitative estimate of drug-likeness (QED) is 0.521. The van der Waals surface area contributed by atoms with Gasteiger partial charge in [0.05, 0.1) is 0 Å². The van der Waals surface area contributed by atoms with Crippen molar-refractivity contribution in [3.05, 3.63) is 23.8 Å². The van der Waals surface area contributed by atoms with Gasteiger partial charge in [0, 0.05) is 11.3 Å². The second kappa shape index (κ2) is 3.55. The van der Waals surface area contributed by atoms with Crippen molar-refractivity contribution in [2.45, 2.75) is 5.75 Å². The van der Waals surface area contributed by atoms with Crippen molar-refractivity contribution in [3.63, 3.8) is 0 Å². The lowest BCUT2D eigenvalue weighted by molar-refractivity contribution is 0.455. The third-order valence-electron chi connectivity index (χ3n) is 1.34. The zero-order chi connectivity index (χ0) is 9.14. The molecular formula is C7H7O4S-. The molecule has 1 unspecified atom stereocenters. The lowest BCUT2D eigenvalue weighted by Crippen LogP contribution is -1.93. The summed E-state index contributed by atoms with van der Waals surface area (Å²) < 4.78 is 20.5. The van der Waals surface area contributed by atoms with Crippen LogP contribution < -0.4 is 0 Å². The molecule has 1 rings (SSSR count). The summed E-state index contributed by atoms with van der Waals surface area (Å²) in [6.45, 7) is 0. The van der Waals surface area contributed by atoms with Gasteiger partial charge < -0.3 is 14.8 Å². The topological polar surface area (TPSA) is 80.6 Å². The van der Waals surface area contributed by atoms with E-state index in [4.69, 9.17) is 10.2 Å². The van der Waals surface area contributed by atoms with Crippen molar-refractivity contribution in [1.29, 1.82) is 0 Å². The highest BCUT2D eigenvalue weighted by Gasteiger charge is 2.01. The molecule has 0 aromatic heterocycles. The Morgan fingerprint density at radius 1 is 1.42 bits per heavy atom. The van der Waals surface area contributed by atoms with Gasteiger partial charge in [0.2, 0.25) is 0 Å². The molecule has 5 heteroatoms. The summed E-state index contributed by atoms with van der Waals surface area (Å²) in [7, 11) is 0. The predicted molar refractivity (Wildman–Crippen MR) is 42.4 cm³/mol. The van der Waals surface area contributed by atoms with Crippen molar-refractivity contribution < 1.29 is 19.0 Å². The van der Waals surface area contributed by atoms with Crippen LogP contribution >= 0.6 is 0 Å². The summed E-state index contributed by atoms with van der Waals surface area (Å²) >= 11 is -2.26. The van der Waals surface area contributed by atoms with Gasteiger partial charge in [-0.2, -0.15) is 0 Å². The molecule has 66 valence electrons. The number of aromatic hydroxyl groups is 2. The molecule has 0 aliphatic heterocycles. The highest BCUT2D eigenvalue weighted by Crippen LogP contribution is 2.22. The molecule has 12 heavy (non-hydrogen) atoms. The first kappa shape index (κ1) is 9.02. The molecule has 1 aromatic carbocycles. The average Bonchev–Trinajstić information content (AvgIpc) is 1.96. The molecule has 1 aromatic rings. The van der Waals surface area contributed by atoms with E-state index in [0.717, 1.165) is 0 Å². The number of rotatable bonds is 2. The summed E-state index contributed by atoms with van der Waals surface area (Å²) in [6, 6.07) is 3.75. The molecule has 1 atom stereocenters. The molecule has 0 saturated heterocycles. The van der Waals surface area contributed by atoms with Crippen molar-refractivity contribution >= 4 is 11.1 Å². The summed E-state index contributed by atoms with van der Waals surface area (Å²) in [5.41, 5.74) is 0.198. The largest absolute Gasteiger partial charge is 0.772 e. The van der Waals surface area contributed by atoms with Crippen LogP contribution in [0, 0.1) is 0 Å². The van der Waals surface area contributed by atoms with E-state index in [-0.39, 0.29) is 22.8 Å². The minimum Gasteiger partial charge on any atom is -0.772 e. The van der Waals surface area contributed by atoms with Gasteiger partial charge in [0.25, 0.3) is 0 Å². The fraction of sp³-hybridized carbons (Fsp3) is 0.143. The molecular weight excluding hydrogens is 180 g/mol. The fourth-order valence-electron chi connectivity index (χ4n) is 0.814. The van der Waals surface area contributed by atoms with Crippen LogP contribution in [0.1, 0.15) is 5.56 Å². The van der Waals surface area contributed by atoms with Gasteiger partial charge in [-0.05, 0) is 18.2 Å². The molecule has 0 heterocycles. The maximum Gasteiger partial charge on any atom is 0.119 e. The van der Waals surface area contributed by atoms with Gasteiger partial charge in [0.15, 0.2) is 0 Å². The van der Waals surface area contributed by atoms with E-state index in [0.29, 0.717) is 0 Å². The second-order valence-corrected chi connectivity index (χ2v) is 3.16. The van der Waals surface area contributed by atoms with Crippen LogP contribution in [0.25, 0.3) is 0 Å². The highest BCUT2D eigenvalue weighted by atomic mass is 32.2. The fourth-order valence-corrected chi connectivity index (χ4v) is 1.30. The molecule has 0 aliphatic carbocycles. The molecule has 0 radical (unpaired) electrons. The Bertz CT molecular complexity index is 310. The standard InChI is InChI=1S/C7H8O4S/c8-6-1-2-7(9)5(3-6)4-12(10)11/h1-3,8-9H,4H2,(H,10,11)/p-1. The summed E-state index contributed by atoms with van der Waals surface area (Å²) in [5, 5.41) is 18.0. The SMILES string of the molecule is O=S([O-])Cc1cc(O)ccc1O. The van der Waals surface area contributed by atoms with Crippen LogP contribution in [0.15, 0.2) is 18.2 Å². The van der Waals surface area contributed by atoms with Crippen LogP contribution in [0.4, 0.5) is 0 Å². The zero-order valence-electron chi connectivity index (χ0n) is 6.06. The van der Waals surface area contributed by atoms with Crippen molar-refractivity contribution in [2.24, 2.45) is 0 Å². The Hall–Kier alpha value is -1.07. The lowest BCUT2D eigenvalue weighted by Gasteiger charge is -2.06. The van der Waals surface area contributed by atoms with Gasteiger partial charge in [0.1, 0.15) is 11.5 Å². The van der Waals surface area contributed by atoms with E-state index >= 15 is 0 Å². The summed E-state index contributed by atoms with van der Waals surface area (Å²) in [6.07, 6.45) is 0. The first-order chi connectivity index (χ1) is 5.59. The van der Waals surface area contributed by atoms with Crippen LogP contribution in [-0.2, 0) is 16.8 Å². The Balaban J connectivity index is 2.97. The highest BCUT2D eigenvalue weighted by molar-refractivity contribution is 7.78. The van der Waals surface area contributed by atoms with E-state index in [9.17, 15) is 8.76 Å². The Morgan fingerprint density at radius 2 is 2.08 bits per heavy atom. The smallest absolute Gasteiger partial charge is 0.119 e. The van der Waals surface area contributed by atoms with Crippen LogP contribution in [-0.4, -0.2) is 19.0 Å². The lowest BCUT2D eigenvalue weighted by atomic mass is 10.2. The van der Waals surface area contributed by atoms with E-state index in [2.05, 4.69) is 0 Å². The van der Waals surface area contributed by atoms with Crippen LogP contribution in [0.3, 0.4) is 0 Å². The van der Waals surface area contributed by atoms with Crippen molar-refractivity contribution in [2.75, 3.05) is 0 Å². The van der Waals surface area contributed by atoms with Crippen LogP contribution in [0.2, 0.25) is 0 Å². The minimum absolute atomic E-state index is 0.0618. The normalized spacial score (nSPS) is 12.8. The molecule has 0 amide bonds. The van der Waals surface area contributed by atoms with E-state index in [1.807, 2.05) is 0 Å². The number of hydrogen-bond acceptors (Lipinski definition) is 4. The molecule has 2 N–H and O–H groups in total. The van der Waals surface area contributed by atoms with E-state index in [1.165, 1.54) is 18.2 Å². The first-order valence-electron chi connectivity index (χ1n) is 3.16. The second-order valence-electron chi connectivity index (χ2n) is 2.26. The van der Waals surface area contributed by atoms with Crippen LogP contribution in [0.5, 0.6) is 11.5 Å². The molecule has 0 fully saturated rings. The van der Waals surface area contributed by atoms with Crippen molar-refractivity contribution in [1.82, 2.24) is 0 Å². The third-order valence-corrected chi connectivity index (χ3v) is 1.88. The monoisotopic (exact) mass is 187 g/mol. The average molecular weight is 187 g/mol. The first-order valence-corrected chi connectivity index (χ1v) is 4.40. The zero-order valence-corrected chi connectivity index (χ0v) is 6.87. The minimum atomic E-state index is -2.26. The van der Waals surface area contributed by atoms with E-state index in [1.54, 1.807) is 0 Å². The number of benzene rings is 1. The van der Waals surface area contributed by atoms with Gasteiger partial charge in [-0.25, -0.2) is 0 Å². The summed E-state index contributed by atoms with van der Waals surface area (Å²) in [5.74, 6) is -0.481. The van der Waals surface area contributed by atoms with E-state index < -0.39 is 11.1 Å². The molecule has 4 nitrogen and oxygen atoms in total. The number of phenols is 2. The maximum atomic E-state index is 10.2. The summed E-state index contributed by atoms with van der Waals surface area (Å²) in [4.78, 5) is 0. The third kappa shape index (κ3) is 2.21. The Kier molecular flexibility index (Phi) is 2.67. The van der Waals surface area contributed by atoms with Gasteiger partial charge in [-0.15, -0.1) is 0 Å². The predicted octanol–water partition coefficient (Wildman–Crippen LogP) is 0.477. The molecule has 0 spiro atoms. The van der Waals surface area contributed by atoms with Gasteiger partial charge in [-0.1, -0.05) is 11.1 Å². The Morgan fingerprint density at radius 3 is 2.67 bits per heavy atom. The molecule has 0 aliphatic rings. The Labute approximate surface area is 71.8 Å². The molecule has 0 saturated carbocycles. The van der Waals surface area contributed by atoms with Gasteiger partial charge >= 0.3 is 0 Å².